The van der Waals surface area contributed by atoms with E-state index >= 15 is 0 Å². The van der Waals surface area contributed by atoms with Crippen molar-refractivity contribution in [3.05, 3.63) is 46.5 Å². The largest absolute Gasteiger partial charge is 0.506 e. The summed E-state index contributed by atoms with van der Waals surface area (Å²) >= 11 is 0. The Balaban J connectivity index is 1.76. The van der Waals surface area contributed by atoms with E-state index in [1.807, 2.05) is 4.90 Å². The van der Waals surface area contributed by atoms with E-state index in [0.717, 1.165) is 0 Å². The molecule has 0 radical (unpaired) electrons. The van der Waals surface area contributed by atoms with Gasteiger partial charge in [0.05, 0.1) is 22.8 Å². The molecule has 3 rings (SSSR count). The van der Waals surface area contributed by atoms with Crippen molar-refractivity contribution in [2.24, 2.45) is 10.2 Å². The van der Waals surface area contributed by atoms with E-state index in [-0.39, 0.29) is 23.5 Å². The van der Waals surface area contributed by atoms with Crippen LogP contribution in [0, 0.1) is 10.1 Å². The average molecular weight is 386 g/mol. The highest BCUT2D eigenvalue weighted by Gasteiger charge is 2.21. The molecule has 0 aromatic heterocycles. The molecule has 0 unspecified atom stereocenters. The highest BCUT2D eigenvalue weighted by atomic mass is 16.6. The molecule has 10 heteroatoms. The van der Waals surface area contributed by atoms with Crippen molar-refractivity contribution in [3.63, 3.8) is 0 Å². The van der Waals surface area contributed by atoms with E-state index < -0.39 is 10.9 Å². The Labute approximate surface area is 159 Å². The lowest BCUT2D eigenvalue weighted by Crippen LogP contribution is -2.33. The van der Waals surface area contributed by atoms with Crippen molar-refractivity contribution in [1.29, 1.82) is 0 Å². The fraction of sp³-hybridized carbons (Fsp3) is 0.278. The fourth-order valence-corrected chi connectivity index (χ4v) is 2.78. The maximum atomic E-state index is 10.7. The van der Waals surface area contributed by atoms with Crippen molar-refractivity contribution in [1.82, 2.24) is 0 Å². The number of aliphatic carboxylic acids is 1. The predicted octanol–water partition coefficient (Wildman–Crippen LogP) is 3.78. The number of nitrogens with zero attached hydrogens (tertiary/aromatic N) is 4. The Kier molecular flexibility index (Phi) is 5.68. The van der Waals surface area contributed by atoms with E-state index in [9.17, 15) is 20.0 Å². The number of nitro benzene ring substituents is 1. The van der Waals surface area contributed by atoms with E-state index in [1.165, 1.54) is 30.3 Å². The molecule has 1 aliphatic heterocycles. The molecule has 0 fully saturated rings. The summed E-state index contributed by atoms with van der Waals surface area (Å²) in [4.78, 5) is 22.8. The number of nitro groups is 1. The smallest absolute Gasteiger partial charge is 0.303 e. The lowest BCUT2D eigenvalue weighted by atomic mass is 10.2. The molecule has 0 aliphatic carbocycles. The number of hydrogen-bond acceptors (Lipinski definition) is 8. The van der Waals surface area contributed by atoms with Gasteiger partial charge in [0.2, 0.25) is 0 Å². The van der Waals surface area contributed by atoms with Gasteiger partial charge in [-0.15, -0.1) is 5.11 Å². The lowest BCUT2D eigenvalue weighted by Gasteiger charge is -2.31. The van der Waals surface area contributed by atoms with Crippen molar-refractivity contribution in [2.45, 2.75) is 12.8 Å². The number of anilines is 1. The number of carboxylic acids is 1. The van der Waals surface area contributed by atoms with Crippen LogP contribution in [0.25, 0.3) is 0 Å². The number of phenols is 1. The van der Waals surface area contributed by atoms with Crippen molar-refractivity contribution < 1.29 is 24.7 Å². The van der Waals surface area contributed by atoms with Crippen LogP contribution in [0.3, 0.4) is 0 Å². The van der Waals surface area contributed by atoms with Crippen LogP contribution in [-0.2, 0) is 4.79 Å². The molecular weight excluding hydrogens is 368 g/mol. The van der Waals surface area contributed by atoms with Gasteiger partial charge >= 0.3 is 5.97 Å². The quantitative estimate of drug-likeness (QED) is 0.419. The number of carbonyl (C=O) groups is 1. The Hall–Kier alpha value is -3.69. The first-order valence-corrected chi connectivity index (χ1v) is 8.57. The van der Waals surface area contributed by atoms with Crippen molar-refractivity contribution in [3.8, 4) is 11.5 Å². The third kappa shape index (κ3) is 4.53. The minimum absolute atomic E-state index is 0.0491. The van der Waals surface area contributed by atoms with Gasteiger partial charge in [0.15, 0.2) is 0 Å². The first kappa shape index (κ1) is 19.1. The number of rotatable bonds is 7. The molecular formula is C18H18N4O6. The fourth-order valence-electron chi connectivity index (χ4n) is 2.78. The Morgan fingerprint density at radius 2 is 2.00 bits per heavy atom. The Morgan fingerprint density at radius 3 is 2.68 bits per heavy atom. The van der Waals surface area contributed by atoms with Gasteiger partial charge in [0, 0.05) is 37.2 Å². The topological polar surface area (TPSA) is 138 Å². The summed E-state index contributed by atoms with van der Waals surface area (Å²) in [5.74, 6) is -0.423. The second-order valence-electron chi connectivity index (χ2n) is 6.11. The number of carboxylic acid groups (broad SMARTS) is 1. The SMILES string of the molecule is O=C(O)CCCN1CCOc2cc(N=Nc3ccc([N+](=O)[O-])cc3)c(O)cc21. The highest BCUT2D eigenvalue weighted by molar-refractivity contribution is 5.70. The molecule has 1 heterocycles. The van der Waals surface area contributed by atoms with Gasteiger partial charge in [-0.2, -0.15) is 5.11 Å². The zero-order valence-corrected chi connectivity index (χ0v) is 14.8. The van der Waals surface area contributed by atoms with Gasteiger partial charge in [-0.05, 0) is 18.6 Å². The van der Waals surface area contributed by atoms with Crippen molar-refractivity contribution >= 4 is 28.7 Å². The number of aromatic hydroxyl groups is 1. The molecule has 0 saturated carbocycles. The molecule has 0 saturated heterocycles. The van der Waals surface area contributed by atoms with Crippen LogP contribution in [0.15, 0.2) is 46.6 Å². The second kappa shape index (κ2) is 8.33. The normalized spacial score (nSPS) is 13.2. The van der Waals surface area contributed by atoms with E-state index in [1.54, 1.807) is 6.07 Å². The maximum Gasteiger partial charge on any atom is 0.303 e. The van der Waals surface area contributed by atoms with E-state index in [0.29, 0.717) is 43.2 Å². The molecule has 146 valence electrons. The predicted molar refractivity (Wildman–Crippen MR) is 100.0 cm³/mol. The molecule has 0 amide bonds. The Bertz CT molecular complexity index is 913. The van der Waals surface area contributed by atoms with E-state index in [2.05, 4.69) is 10.2 Å². The van der Waals surface area contributed by atoms with Crippen LogP contribution in [0.1, 0.15) is 12.8 Å². The number of azo groups is 1. The monoisotopic (exact) mass is 386 g/mol. The lowest BCUT2D eigenvalue weighted by molar-refractivity contribution is -0.384. The van der Waals surface area contributed by atoms with Gasteiger partial charge in [-0.25, -0.2) is 0 Å². The van der Waals surface area contributed by atoms with Gasteiger partial charge < -0.3 is 19.8 Å². The summed E-state index contributed by atoms with van der Waals surface area (Å²) in [6, 6.07) is 8.62. The molecule has 0 atom stereocenters. The number of non-ortho nitro benzene ring substituents is 1. The van der Waals surface area contributed by atoms with Crippen molar-refractivity contribution in [2.75, 3.05) is 24.6 Å². The summed E-state index contributed by atoms with van der Waals surface area (Å²) in [7, 11) is 0. The molecule has 2 aromatic carbocycles. The van der Waals surface area contributed by atoms with Gasteiger partial charge in [-0.3, -0.25) is 14.9 Å². The standard InChI is InChI=1S/C18H18N4O6/c23-16-11-15-17(28-9-8-21(15)7-1-2-18(24)25)10-14(16)20-19-12-3-5-13(6-4-12)22(26)27/h3-6,10-11,23H,1-2,7-9H2,(H,24,25). The molecule has 0 spiro atoms. The van der Waals surface area contributed by atoms with Crippen LogP contribution in [0.2, 0.25) is 0 Å². The number of ether oxygens (including phenoxy) is 1. The molecule has 2 N–H and O–H groups in total. The zero-order valence-electron chi connectivity index (χ0n) is 14.8. The minimum atomic E-state index is -0.849. The zero-order chi connectivity index (χ0) is 20.1. The summed E-state index contributed by atoms with van der Waals surface area (Å²) in [6.45, 7) is 1.56. The van der Waals surface area contributed by atoms with Gasteiger partial charge in [0.25, 0.3) is 5.69 Å². The van der Waals surface area contributed by atoms with Crippen LogP contribution >= 0.6 is 0 Å². The first-order chi connectivity index (χ1) is 13.4. The van der Waals surface area contributed by atoms with Gasteiger partial charge in [-0.1, -0.05) is 0 Å². The highest BCUT2D eigenvalue weighted by Crippen LogP contribution is 2.41. The van der Waals surface area contributed by atoms with Crippen LogP contribution in [0.5, 0.6) is 11.5 Å². The second-order valence-corrected chi connectivity index (χ2v) is 6.11. The minimum Gasteiger partial charge on any atom is -0.506 e. The third-order valence-corrected chi connectivity index (χ3v) is 4.17. The molecule has 10 nitrogen and oxygen atoms in total. The Morgan fingerprint density at radius 1 is 1.25 bits per heavy atom. The third-order valence-electron chi connectivity index (χ3n) is 4.17. The average Bonchev–Trinajstić information content (AvgIpc) is 2.67. The molecule has 28 heavy (non-hydrogen) atoms. The van der Waals surface area contributed by atoms with Crippen LogP contribution < -0.4 is 9.64 Å². The first-order valence-electron chi connectivity index (χ1n) is 8.57. The molecule has 2 aromatic rings. The number of benzene rings is 2. The number of hydrogen-bond donors (Lipinski definition) is 2. The summed E-state index contributed by atoms with van der Waals surface area (Å²) in [6.07, 6.45) is 0.553. The number of fused-ring (bicyclic) bond motifs is 1. The van der Waals surface area contributed by atoms with Crippen LogP contribution in [-0.4, -0.2) is 40.8 Å². The summed E-state index contributed by atoms with van der Waals surface area (Å²) in [5, 5.41) is 37.7. The number of phenolic OH excluding ortho intramolecular Hbond substituents is 1. The maximum absolute atomic E-state index is 10.7. The van der Waals surface area contributed by atoms with Gasteiger partial charge in [0.1, 0.15) is 23.8 Å². The van der Waals surface area contributed by atoms with E-state index in [4.69, 9.17) is 9.84 Å². The van der Waals surface area contributed by atoms with Crippen LogP contribution in [0.4, 0.5) is 22.7 Å². The summed E-state index contributed by atoms with van der Waals surface area (Å²) in [5.41, 5.74) is 1.22. The molecule has 1 aliphatic rings. The molecule has 0 bridgehead atoms. The summed E-state index contributed by atoms with van der Waals surface area (Å²) < 4.78 is 5.63.